The van der Waals surface area contributed by atoms with Gasteiger partial charge in [-0.1, -0.05) is 32.4 Å². The Morgan fingerprint density at radius 2 is 1.93 bits per heavy atom. The number of nitrogens with one attached hydrogen (secondary N) is 1. The van der Waals surface area contributed by atoms with Crippen LogP contribution in [0, 0.1) is 30.9 Å². The number of carbonyl (C=O) groups is 1. The summed E-state index contributed by atoms with van der Waals surface area (Å²) in [4.78, 5) is 44.0. The molecule has 1 fully saturated rings. The molecule has 1 aliphatic heterocycles. The highest BCUT2D eigenvalue weighted by Crippen LogP contribution is 2.36. The molecular formula is C34H35F2N7O2. The van der Waals surface area contributed by atoms with Gasteiger partial charge in [-0.25, -0.2) is 23.1 Å². The number of nitrogens with zero attached hydrogens (tertiary/aromatic N) is 6. The van der Waals surface area contributed by atoms with Gasteiger partial charge < -0.3 is 15.1 Å². The molecule has 5 rings (SSSR count). The van der Waals surface area contributed by atoms with E-state index in [0.717, 1.165) is 5.56 Å². The van der Waals surface area contributed by atoms with Gasteiger partial charge in [0.2, 0.25) is 5.91 Å². The number of anilines is 2. The third-order valence-corrected chi connectivity index (χ3v) is 8.07. The Hall–Kier alpha value is -5.11. The normalized spacial score (nSPS) is 16.6. The molecule has 4 aromatic rings. The maximum absolute atomic E-state index is 16.2. The van der Waals surface area contributed by atoms with E-state index in [1.807, 2.05) is 39.5 Å². The number of fused-ring (bicyclic) bond motifs is 1. The Morgan fingerprint density at radius 1 is 1.18 bits per heavy atom. The molecule has 3 aromatic heterocycles. The molecule has 0 aliphatic carbocycles. The number of piperazine rings is 1. The lowest BCUT2D eigenvalue weighted by molar-refractivity contribution is -0.128. The van der Waals surface area contributed by atoms with E-state index in [1.54, 1.807) is 23.2 Å². The fourth-order valence-corrected chi connectivity index (χ4v) is 5.89. The van der Waals surface area contributed by atoms with Crippen LogP contribution in [0.15, 0.2) is 54.0 Å². The molecular weight excluding hydrogens is 576 g/mol. The van der Waals surface area contributed by atoms with Gasteiger partial charge >= 0.3 is 5.69 Å². The largest absolute Gasteiger partial charge is 0.374 e. The summed E-state index contributed by atoms with van der Waals surface area (Å²) in [5.41, 5.74) is 1.14. The van der Waals surface area contributed by atoms with E-state index in [9.17, 15) is 9.59 Å². The van der Waals surface area contributed by atoms with Crippen molar-refractivity contribution < 1.29 is 13.6 Å². The highest BCUT2D eigenvalue weighted by atomic mass is 19.1. The monoisotopic (exact) mass is 611 g/mol. The number of aryl methyl sites for hydroxylation is 1. The van der Waals surface area contributed by atoms with E-state index in [2.05, 4.69) is 27.8 Å². The fraction of sp³-hybridized carbons (Fsp3) is 0.324. The molecule has 232 valence electrons. The van der Waals surface area contributed by atoms with E-state index in [1.165, 1.54) is 28.8 Å². The van der Waals surface area contributed by atoms with Crippen LogP contribution in [0.5, 0.6) is 0 Å². The summed E-state index contributed by atoms with van der Waals surface area (Å²) in [7, 11) is 0. The predicted octanol–water partition coefficient (Wildman–Crippen LogP) is 5.21. The quantitative estimate of drug-likeness (QED) is 0.227. The first kappa shape index (κ1) is 31.3. The van der Waals surface area contributed by atoms with Gasteiger partial charge in [0.1, 0.15) is 17.3 Å². The van der Waals surface area contributed by atoms with E-state index in [0.29, 0.717) is 24.5 Å². The highest BCUT2D eigenvalue weighted by molar-refractivity contribution is 5.92. The van der Waals surface area contributed by atoms with Crippen LogP contribution >= 0.6 is 0 Å². The first-order valence-electron chi connectivity index (χ1n) is 14.7. The Labute approximate surface area is 260 Å². The molecule has 11 heteroatoms. The topological polar surface area (TPSA) is 96.3 Å². The average molecular weight is 612 g/mol. The summed E-state index contributed by atoms with van der Waals surface area (Å²) < 4.78 is 33.0. The summed E-state index contributed by atoms with van der Waals surface area (Å²) in [5.74, 6) is 0.864. The van der Waals surface area contributed by atoms with Crippen LogP contribution in [0.25, 0.3) is 28.0 Å². The molecule has 1 aliphatic rings. The second-order valence-corrected chi connectivity index (χ2v) is 11.5. The summed E-state index contributed by atoms with van der Waals surface area (Å²) in [5, 5.41) is 3.19. The first-order chi connectivity index (χ1) is 21.5. The number of hydrogen-bond acceptors (Lipinski definition) is 7. The molecule has 9 nitrogen and oxygen atoms in total. The van der Waals surface area contributed by atoms with Gasteiger partial charge in [-0.3, -0.25) is 9.78 Å². The Bertz CT molecular complexity index is 1910. The van der Waals surface area contributed by atoms with Crippen LogP contribution < -0.4 is 15.9 Å². The number of rotatable bonds is 7. The van der Waals surface area contributed by atoms with E-state index in [-0.39, 0.29) is 64.2 Å². The van der Waals surface area contributed by atoms with Crippen molar-refractivity contribution in [1.82, 2.24) is 24.4 Å². The van der Waals surface area contributed by atoms with Gasteiger partial charge in [-0.15, -0.1) is 6.42 Å². The zero-order valence-electron chi connectivity index (χ0n) is 25.9. The van der Waals surface area contributed by atoms with Crippen LogP contribution in [0.4, 0.5) is 20.3 Å². The lowest BCUT2D eigenvalue weighted by Crippen LogP contribution is -2.58. The standard InChI is InChI=1S/C34H35F2N7O2/c1-8-14-37-26-12-10-11-24(35)28(26)30-25(36)16-23-32(42-18-21(6)41(17-22(42)7)27(44)9-2)40-34(45)43(33(23)39-30)31-20(5)13-15-38-29(31)19(3)4/h1,9-13,15-16,19,21-22,37H,2,14,17-18H2,3-7H3/t21-,22+/m1/s1. The SMILES string of the molecule is C#CCNc1cccc(F)c1-c1nc2c(cc1F)c(N1C[C@@H](C)N(C(=O)C=C)C[C@@H]1C)nc(=O)n2-c1c(C)ccnc1C(C)C. The van der Waals surface area contributed by atoms with Crippen LogP contribution in [0.3, 0.4) is 0 Å². The minimum Gasteiger partial charge on any atom is -0.374 e. The summed E-state index contributed by atoms with van der Waals surface area (Å²) >= 11 is 0. The highest BCUT2D eigenvalue weighted by Gasteiger charge is 2.34. The van der Waals surface area contributed by atoms with Crippen molar-refractivity contribution in [2.45, 2.75) is 52.6 Å². The van der Waals surface area contributed by atoms with Crippen LogP contribution in [-0.4, -0.2) is 62.0 Å². The van der Waals surface area contributed by atoms with Crippen molar-refractivity contribution in [2.24, 2.45) is 0 Å². The molecule has 1 N–H and O–H groups in total. The minimum atomic E-state index is -0.808. The second kappa shape index (κ2) is 12.5. The van der Waals surface area contributed by atoms with Crippen molar-refractivity contribution in [3.63, 3.8) is 0 Å². The molecule has 4 heterocycles. The molecule has 0 spiro atoms. The van der Waals surface area contributed by atoms with Gasteiger partial charge in [0.05, 0.1) is 28.9 Å². The van der Waals surface area contributed by atoms with Gasteiger partial charge in [0.15, 0.2) is 11.5 Å². The molecule has 1 aromatic carbocycles. The van der Waals surface area contributed by atoms with Gasteiger partial charge in [0, 0.05) is 37.1 Å². The Morgan fingerprint density at radius 3 is 2.62 bits per heavy atom. The maximum atomic E-state index is 16.2. The second-order valence-electron chi connectivity index (χ2n) is 11.5. The number of aromatic nitrogens is 4. The molecule has 0 bridgehead atoms. The first-order valence-corrected chi connectivity index (χ1v) is 14.7. The van der Waals surface area contributed by atoms with Gasteiger partial charge in [0.25, 0.3) is 0 Å². The minimum absolute atomic E-state index is 0.0769. The third-order valence-electron chi connectivity index (χ3n) is 8.07. The van der Waals surface area contributed by atoms with Crippen LogP contribution in [0.2, 0.25) is 0 Å². The fourth-order valence-electron chi connectivity index (χ4n) is 5.89. The molecule has 0 unspecified atom stereocenters. The third kappa shape index (κ3) is 5.64. The summed E-state index contributed by atoms with van der Waals surface area (Å²) in [6.45, 7) is 13.9. The molecule has 0 saturated carbocycles. The number of hydrogen-bond donors (Lipinski definition) is 1. The Balaban J connectivity index is 1.84. The van der Waals surface area contributed by atoms with Crippen molar-refractivity contribution in [1.29, 1.82) is 0 Å². The van der Waals surface area contributed by atoms with E-state index < -0.39 is 17.3 Å². The smallest absolute Gasteiger partial charge is 0.355 e. The Kier molecular flexibility index (Phi) is 8.68. The number of halogens is 2. The van der Waals surface area contributed by atoms with Crippen molar-refractivity contribution >= 4 is 28.4 Å². The molecule has 45 heavy (non-hydrogen) atoms. The number of pyridine rings is 2. The molecule has 1 amide bonds. The van der Waals surface area contributed by atoms with Crippen molar-refractivity contribution in [3.05, 3.63) is 82.6 Å². The molecule has 1 saturated heterocycles. The maximum Gasteiger partial charge on any atom is 0.355 e. The van der Waals surface area contributed by atoms with Crippen LogP contribution in [0.1, 0.15) is 44.9 Å². The number of benzene rings is 1. The number of amides is 1. The average Bonchev–Trinajstić information content (AvgIpc) is 3.00. The van der Waals surface area contributed by atoms with E-state index >= 15 is 8.78 Å². The zero-order chi connectivity index (χ0) is 32.6. The lowest BCUT2D eigenvalue weighted by atomic mass is 10.0. The van der Waals surface area contributed by atoms with Crippen molar-refractivity contribution in [2.75, 3.05) is 29.9 Å². The zero-order valence-corrected chi connectivity index (χ0v) is 25.9. The van der Waals surface area contributed by atoms with E-state index in [4.69, 9.17) is 11.4 Å². The summed E-state index contributed by atoms with van der Waals surface area (Å²) in [6.07, 6.45) is 8.36. The molecule has 2 atom stereocenters. The lowest BCUT2D eigenvalue weighted by Gasteiger charge is -2.44. The van der Waals surface area contributed by atoms with Crippen molar-refractivity contribution in [3.8, 4) is 29.3 Å². The molecule has 0 radical (unpaired) electrons. The van der Waals surface area contributed by atoms with Crippen LogP contribution in [-0.2, 0) is 4.79 Å². The predicted molar refractivity (Wildman–Crippen MR) is 173 cm³/mol. The van der Waals surface area contributed by atoms with Gasteiger partial charge in [-0.2, -0.15) is 4.98 Å². The summed E-state index contributed by atoms with van der Waals surface area (Å²) in [6, 6.07) is 6.77. The number of terminal acetylenes is 1. The number of carbonyl (C=O) groups excluding carboxylic acids is 1. The van der Waals surface area contributed by atoms with Gasteiger partial charge in [-0.05, 0) is 62.6 Å².